The molecule has 0 radical (unpaired) electrons. The number of nitrogens with one attached hydrogen (secondary N) is 1. The Morgan fingerprint density at radius 3 is 2.54 bits per heavy atom. The van der Waals surface area contributed by atoms with Crippen molar-refractivity contribution in [1.82, 2.24) is 0 Å². The average molecular weight is 326 g/mol. The van der Waals surface area contributed by atoms with E-state index in [4.69, 9.17) is 0 Å². The molecule has 1 aliphatic rings. The minimum Gasteiger partial charge on any atom is -0.324 e. The monoisotopic (exact) mass is 326 g/mol. The smallest absolute Gasteiger partial charge is 0.247 e. The minimum atomic E-state index is -0.580. The lowest BCUT2D eigenvalue weighted by molar-refractivity contribution is -0.120. The first kappa shape index (κ1) is 16.2. The molecule has 1 heterocycles. The number of amides is 2. The summed E-state index contributed by atoms with van der Waals surface area (Å²) in [6, 6.07) is 10.8. The Balaban J connectivity index is 1.82. The number of nitrogens with zero attached hydrogens (tertiary/aromatic N) is 1. The van der Waals surface area contributed by atoms with Crippen molar-refractivity contribution in [1.29, 1.82) is 0 Å². The zero-order valence-corrected chi connectivity index (χ0v) is 13.7. The zero-order chi connectivity index (χ0) is 17.3. The molecule has 1 N–H and O–H groups in total. The highest BCUT2D eigenvalue weighted by molar-refractivity contribution is 6.07. The zero-order valence-electron chi connectivity index (χ0n) is 13.7. The Labute approximate surface area is 140 Å². The van der Waals surface area contributed by atoms with Gasteiger partial charge in [0.1, 0.15) is 11.9 Å². The van der Waals surface area contributed by atoms with Crippen LogP contribution in [0.1, 0.15) is 24.0 Å². The van der Waals surface area contributed by atoms with Gasteiger partial charge >= 0.3 is 0 Å². The van der Waals surface area contributed by atoms with Gasteiger partial charge in [0.25, 0.3) is 0 Å². The van der Waals surface area contributed by atoms with E-state index in [0.29, 0.717) is 18.5 Å². The number of anilines is 2. The summed E-state index contributed by atoms with van der Waals surface area (Å²) in [6.45, 7) is 3.92. The summed E-state index contributed by atoms with van der Waals surface area (Å²) in [5.41, 5.74) is 3.37. The molecule has 5 heteroatoms. The molecule has 0 saturated carbocycles. The van der Waals surface area contributed by atoms with E-state index in [0.717, 1.165) is 16.8 Å². The van der Waals surface area contributed by atoms with Crippen LogP contribution >= 0.6 is 0 Å². The lowest BCUT2D eigenvalue weighted by atomic mass is 10.1. The molecular weight excluding hydrogens is 307 g/mol. The van der Waals surface area contributed by atoms with E-state index < -0.39 is 6.04 Å². The number of rotatable bonds is 3. The van der Waals surface area contributed by atoms with E-state index in [2.05, 4.69) is 5.32 Å². The topological polar surface area (TPSA) is 49.4 Å². The highest BCUT2D eigenvalue weighted by Gasteiger charge is 2.37. The summed E-state index contributed by atoms with van der Waals surface area (Å²) >= 11 is 0. The van der Waals surface area contributed by atoms with Gasteiger partial charge in [0.05, 0.1) is 0 Å². The Morgan fingerprint density at radius 1 is 1.17 bits per heavy atom. The van der Waals surface area contributed by atoms with Crippen molar-refractivity contribution in [2.24, 2.45) is 0 Å². The number of carbonyl (C=O) groups excluding carboxylic acids is 2. The molecule has 124 valence electrons. The van der Waals surface area contributed by atoms with E-state index in [1.165, 1.54) is 29.2 Å². The molecule has 2 aromatic rings. The summed E-state index contributed by atoms with van der Waals surface area (Å²) in [7, 11) is 0. The van der Waals surface area contributed by atoms with Crippen LogP contribution in [-0.2, 0) is 9.59 Å². The van der Waals surface area contributed by atoms with Crippen molar-refractivity contribution in [2.45, 2.75) is 32.7 Å². The molecule has 24 heavy (non-hydrogen) atoms. The van der Waals surface area contributed by atoms with Gasteiger partial charge in [-0.1, -0.05) is 17.7 Å². The van der Waals surface area contributed by atoms with Crippen LogP contribution in [0.5, 0.6) is 0 Å². The summed E-state index contributed by atoms with van der Waals surface area (Å²) in [5, 5.41) is 2.90. The molecule has 0 bridgehead atoms. The molecule has 1 aliphatic heterocycles. The summed E-state index contributed by atoms with van der Waals surface area (Å²) < 4.78 is 13.1. The largest absolute Gasteiger partial charge is 0.324 e. The van der Waals surface area contributed by atoms with Gasteiger partial charge in [0, 0.05) is 17.8 Å². The third-order valence-electron chi connectivity index (χ3n) is 4.26. The molecule has 2 amide bonds. The molecule has 4 nitrogen and oxygen atoms in total. The van der Waals surface area contributed by atoms with Gasteiger partial charge in [-0.3, -0.25) is 14.5 Å². The predicted molar refractivity (Wildman–Crippen MR) is 91.5 cm³/mol. The predicted octanol–water partition coefficient (Wildman–Crippen LogP) is 3.58. The summed E-state index contributed by atoms with van der Waals surface area (Å²) in [5.74, 6) is -0.721. The second kappa shape index (κ2) is 6.43. The Bertz CT molecular complexity index is 786. The Kier molecular flexibility index (Phi) is 4.34. The fourth-order valence-corrected chi connectivity index (χ4v) is 3.03. The first-order valence-corrected chi connectivity index (χ1v) is 7.91. The van der Waals surface area contributed by atoms with Crippen molar-refractivity contribution in [3.05, 3.63) is 59.4 Å². The van der Waals surface area contributed by atoms with Gasteiger partial charge < -0.3 is 5.32 Å². The lowest BCUT2D eigenvalue weighted by Gasteiger charge is -2.24. The van der Waals surface area contributed by atoms with Crippen LogP contribution < -0.4 is 10.2 Å². The van der Waals surface area contributed by atoms with E-state index >= 15 is 0 Å². The van der Waals surface area contributed by atoms with E-state index in [-0.39, 0.29) is 17.6 Å². The normalized spacial score (nSPS) is 17.2. The second-order valence-corrected chi connectivity index (χ2v) is 6.10. The highest BCUT2D eigenvalue weighted by Crippen LogP contribution is 2.28. The van der Waals surface area contributed by atoms with Crippen molar-refractivity contribution < 1.29 is 14.0 Å². The van der Waals surface area contributed by atoms with Gasteiger partial charge in [-0.2, -0.15) is 0 Å². The first-order chi connectivity index (χ1) is 11.5. The van der Waals surface area contributed by atoms with Crippen LogP contribution in [0.2, 0.25) is 0 Å². The SMILES string of the molecule is Cc1ccc(NC(=O)C2CCC(=O)N2c2ccc(F)cc2)c(C)c1. The summed E-state index contributed by atoms with van der Waals surface area (Å²) in [4.78, 5) is 26.3. The molecule has 0 aromatic heterocycles. The molecule has 1 fully saturated rings. The number of halogens is 1. The number of benzene rings is 2. The van der Waals surface area contributed by atoms with Crippen LogP contribution in [-0.4, -0.2) is 17.9 Å². The van der Waals surface area contributed by atoms with Crippen molar-refractivity contribution >= 4 is 23.2 Å². The number of aryl methyl sites for hydroxylation is 2. The number of carbonyl (C=O) groups is 2. The highest BCUT2D eigenvalue weighted by atomic mass is 19.1. The molecule has 2 aromatic carbocycles. The standard InChI is InChI=1S/C19H19FN2O2/c1-12-3-8-16(13(2)11-12)21-19(24)17-9-10-18(23)22(17)15-6-4-14(20)5-7-15/h3-8,11,17H,9-10H2,1-2H3,(H,21,24). The van der Waals surface area contributed by atoms with Gasteiger partial charge in [-0.25, -0.2) is 4.39 Å². The molecular formula is C19H19FN2O2. The van der Waals surface area contributed by atoms with Crippen LogP contribution in [0.25, 0.3) is 0 Å². The maximum Gasteiger partial charge on any atom is 0.247 e. The van der Waals surface area contributed by atoms with E-state index in [1.807, 2.05) is 32.0 Å². The fraction of sp³-hybridized carbons (Fsp3) is 0.263. The maximum atomic E-state index is 13.1. The average Bonchev–Trinajstić information content (AvgIpc) is 2.93. The number of hydrogen-bond acceptors (Lipinski definition) is 2. The lowest BCUT2D eigenvalue weighted by Crippen LogP contribution is -2.41. The van der Waals surface area contributed by atoms with Crippen LogP contribution in [0, 0.1) is 19.7 Å². The van der Waals surface area contributed by atoms with Crippen LogP contribution in [0.3, 0.4) is 0 Å². The minimum absolute atomic E-state index is 0.123. The van der Waals surface area contributed by atoms with Crippen molar-refractivity contribution in [2.75, 3.05) is 10.2 Å². The second-order valence-electron chi connectivity index (χ2n) is 6.10. The van der Waals surface area contributed by atoms with Crippen molar-refractivity contribution in [3.8, 4) is 0 Å². The third kappa shape index (κ3) is 3.15. The Morgan fingerprint density at radius 2 is 1.88 bits per heavy atom. The number of hydrogen-bond donors (Lipinski definition) is 1. The Hall–Kier alpha value is -2.69. The molecule has 0 spiro atoms. The van der Waals surface area contributed by atoms with Crippen LogP contribution in [0.15, 0.2) is 42.5 Å². The van der Waals surface area contributed by atoms with Crippen molar-refractivity contribution in [3.63, 3.8) is 0 Å². The van der Waals surface area contributed by atoms with Gasteiger partial charge in [0.2, 0.25) is 11.8 Å². The summed E-state index contributed by atoms with van der Waals surface area (Å²) in [6.07, 6.45) is 0.759. The van der Waals surface area contributed by atoms with E-state index in [1.54, 1.807) is 0 Å². The molecule has 0 aliphatic carbocycles. The fourth-order valence-electron chi connectivity index (χ4n) is 3.03. The third-order valence-corrected chi connectivity index (χ3v) is 4.26. The first-order valence-electron chi connectivity index (χ1n) is 7.91. The quantitative estimate of drug-likeness (QED) is 0.937. The van der Waals surface area contributed by atoms with Gasteiger partial charge in [-0.05, 0) is 56.2 Å². The molecule has 1 unspecified atom stereocenters. The molecule has 3 rings (SSSR count). The van der Waals surface area contributed by atoms with E-state index in [9.17, 15) is 14.0 Å². The van der Waals surface area contributed by atoms with Crippen LogP contribution in [0.4, 0.5) is 15.8 Å². The van der Waals surface area contributed by atoms with Gasteiger partial charge in [-0.15, -0.1) is 0 Å². The maximum absolute atomic E-state index is 13.1. The molecule has 1 atom stereocenters. The van der Waals surface area contributed by atoms with Gasteiger partial charge in [0.15, 0.2) is 0 Å². The molecule has 1 saturated heterocycles.